The Morgan fingerprint density at radius 3 is 2.09 bits per heavy atom. The van der Waals surface area contributed by atoms with Gasteiger partial charge < -0.3 is 4.90 Å². The van der Waals surface area contributed by atoms with Crippen LogP contribution in [0.15, 0.2) is 83.0 Å². The van der Waals surface area contributed by atoms with Gasteiger partial charge in [0.15, 0.2) is 5.71 Å². The molecule has 238 valence electrons. The molecule has 2 aliphatic heterocycles. The molecule has 0 unspecified atom stereocenters. The molecule has 0 fully saturated rings. The molecule has 2 heterocycles. The van der Waals surface area contributed by atoms with Crippen molar-refractivity contribution in [3.63, 3.8) is 0 Å². The van der Waals surface area contributed by atoms with E-state index < -0.39 is 20.2 Å². The Bertz CT molecular complexity index is 1740. The molecule has 11 heteroatoms. The molecule has 4 rings (SSSR count). The second-order valence-electron chi connectivity index (χ2n) is 12.4. The summed E-state index contributed by atoms with van der Waals surface area (Å²) < 4.78 is 66.3. The van der Waals surface area contributed by atoms with E-state index in [-0.39, 0.29) is 22.3 Å². The summed E-state index contributed by atoms with van der Waals surface area (Å²) >= 11 is 3.74. The molecule has 44 heavy (non-hydrogen) atoms. The Balaban J connectivity index is 1.61. The van der Waals surface area contributed by atoms with Crippen molar-refractivity contribution in [2.45, 2.75) is 64.2 Å². The van der Waals surface area contributed by atoms with Crippen LogP contribution < -0.4 is 4.90 Å². The second kappa shape index (κ2) is 13.4. The maximum atomic E-state index is 11.2. The molecule has 0 spiro atoms. The zero-order chi connectivity index (χ0) is 32.3. The van der Waals surface area contributed by atoms with Crippen LogP contribution in [0.2, 0.25) is 0 Å². The predicted molar refractivity (Wildman–Crippen MR) is 182 cm³/mol. The number of hydrogen-bond acceptors (Lipinski definition) is 5. The van der Waals surface area contributed by atoms with Crippen LogP contribution in [0, 0.1) is 0 Å². The van der Waals surface area contributed by atoms with Gasteiger partial charge in [-0.3, -0.25) is 9.11 Å². The standard InChI is InChI=1S/C33H41BrN2O6S2/c1-32(2)26-13-5-7-15-28(26)35(21-9-11-23-43(37,38)39)30(32)19-17-25(34)18-20-31-33(3,4)27-14-6-8-16-29(27)36(31)22-10-12-24-44(40,41)42/h5-8,13-20H,9-12,21-24H2,1-4H3,(H-,37,38,39,40,41,42)/p+1. The molecule has 0 atom stereocenters. The summed E-state index contributed by atoms with van der Waals surface area (Å²) in [7, 11) is -7.98. The first kappa shape index (κ1) is 34.3. The van der Waals surface area contributed by atoms with Crippen LogP contribution in [0.3, 0.4) is 0 Å². The van der Waals surface area contributed by atoms with Crippen LogP contribution >= 0.6 is 15.9 Å². The smallest absolute Gasteiger partial charge is 0.264 e. The van der Waals surface area contributed by atoms with Crippen molar-refractivity contribution in [1.82, 2.24) is 0 Å². The lowest BCUT2D eigenvalue weighted by molar-refractivity contribution is -0.438. The van der Waals surface area contributed by atoms with Gasteiger partial charge in [-0.2, -0.15) is 21.4 Å². The van der Waals surface area contributed by atoms with Crippen LogP contribution in [0.25, 0.3) is 0 Å². The van der Waals surface area contributed by atoms with Gasteiger partial charge in [0.25, 0.3) is 20.2 Å². The van der Waals surface area contributed by atoms with Crippen molar-refractivity contribution in [2.75, 3.05) is 29.5 Å². The first-order valence-electron chi connectivity index (χ1n) is 14.8. The average Bonchev–Trinajstić information content (AvgIpc) is 3.28. The van der Waals surface area contributed by atoms with E-state index in [0.717, 1.165) is 27.3 Å². The molecule has 0 amide bonds. The van der Waals surface area contributed by atoms with E-state index in [4.69, 9.17) is 9.11 Å². The summed E-state index contributed by atoms with van der Waals surface area (Å²) in [5, 5.41) is 0. The van der Waals surface area contributed by atoms with Gasteiger partial charge in [0, 0.05) is 52.0 Å². The maximum absolute atomic E-state index is 11.2. The topological polar surface area (TPSA) is 115 Å². The highest BCUT2D eigenvalue weighted by Crippen LogP contribution is 2.47. The Morgan fingerprint density at radius 1 is 0.841 bits per heavy atom. The molecule has 2 aliphatic rings. The number of rotatable bonds is 13. The van der Waals surface area contributed by atoms with Crippen LogP contribution in [0.5, 0.6) is 0 Å². The number of nitrogens with zero attached hydrogens (tertiary/aromatic N) is 2. The van der Waals surface area contributed by atoms with Gasteiger partial charge in [-0.15, -0.1) is 0 Å². The van der Waals surface area contributed by atoms with Gasteiger partial charge in [-0.25, -0.2) is 0 Å². The summed E-state index contributed by atoms with van der Waals surface area (Å²) in [4.78, 5) is 2.24. The maximum Gasteiger partial charge on any atom is 0.264 e. The fourth-order valence-corrected chi connectivity index (χ4v) is 7.65. The van der Waals surface area contributed by atoms with Crippen molar-refractivity contribution < 1.29 is 30.5 Å². The Kier molecular flexibility index (Phi) is 10.5. The minimum absolute atomic E-state index is 0.252. The van der Waals surface area contributed by atoms with Crippen LogP contribution in [-0.4, -0.2) is 60.8 Å². The number of para-hydroxylation sites is 2. The normalized spacial score (nSPS) is 18.8. The summed E-state index contributed by atoms with van der Waals surface area (Å²) in [6.07, 6.45) is 10.2. The molecular weight excluding hydrogens is 664 g/mol. The molecule has 0 bridgehead atoms. The number of allylic oxidation sites excluding steroid dienone is 6. The Hall–Kier alpha value is -2.57. The first-order chi connectivity index (χ1) is 20.5. The summed E-state index contributed by atoms with van der Waals surface area (Å²) in [5.74, 6) is -0.504. The summed E-state index contributed by atoms with van der Waals surface area (Å²) in [6.45, 7) is 9.98. The van der Waals surface area contributed by atoms with E-state index in [1.807, 2.05) is 36.4 Å². The molecule has 0 saturated carbocycles. The number of hydrogen-bond donors (Lipinski definition) is 2. The monoisotopic (exact) mass is 705 g/mol. The fourth-order valence-electron chi connectivity index (χ4n) is 6.25. The molecule has 2 N–H and O–H groups in total. The molecule has 2 aromatic rings. The highest BCUT2D eigenvalue weighted by atomic mass is 79.9. The van der Waals surface area contributed by atoms with Gasteiger partial charge in [0.1, 0.15) is 6.54 Å². The summed E-state index contributed by atoms with van der Waals surface area (Å²) in [6, 6.07) is 16.5. The molecule has 0 aliphatic carbocycles. The number of fused-ring (bicyclic) bond motifs is 2. The van der Waals surface area contributed by atoms with Crippen LogP contribution in [0.4, 0.5) is 11.4 Å². The van der Waals surface area contributed by atoms with Gasteiger partial charge in [-0.05, 0) is 63.0 Å². The lowest BCUT2D eigenvalue weighted by Crippen LogP contribution is -2.28. The van der Waals surface area contributed by atoms with Crippen LogP contribution in [-0.2, 0) is 31.1 Å². The second-order valence-corrected chi connectivity index (χ2v) is 16.5. The Labute approximate surface area is 270 Å². The van der Waals surface area contributed by atoms with E-state index >= 15 is 0 Å². The molecule has 0 saturated heterocycles. The predicted octanol–water partition coefficient (Wildman–Crippen LogP) is 6.92. The van der Waals surface area contributed by atoms with Gasteiger partial charge >= 0.3 is 0 Å². The first-order valence-corrected chi connectivity index (χ1v) is 18.8. The average molecular weight is 707 g/mol. The third kappa shape index (κ3) is 7.98. The third-order valence-corrected chi connectivity index (χ3v) is 10.6. The zero-order valence-electron chi connectivity index (χ0n) is 25.7. The molecular formula is C33H42BrN2O6S2+. The fraction of sp³-hybridized carbons (Fsp3) is 0.424. The van der Waals surface area contributed by atoms with Crippen molar-refractivity contribution in [1.29, 1.82) is 0 Å². The van der Waals surface area contributed by atoms with E-state index in [1.54, 1.807) is 0 Å². The third-order valence-electron chi connectivity index (χ3n) is 8.47. The van der Waals surface area contributed by atoms with Gasteiger partial charge in [0.2, 0.25) is 5.69 Å². The van der Waals surface area contributed by atoms with Crippen LogP contribution in [0.1, 0.15) is 64.5 Å². The lowest BCUT2D eigenvalue weighted by atomic mass is 9.81. The largest absolute Gasteiger partial charge is 0.344 e. The minimum atomic E-state index is -3.99. The minimum Gasteiger partial charge on any atom is -0.344 e. The Morgan fingerprint density at radius 2 is 1.43 bits per heavy atom. The van der Waals surface area contributed by atoms with Crippen molar-refractivity contribution in [3.05, 3.63) is 94.1 Å². The quantitative estimate of drug-likeness (QED) is 0.101. The van der Waals surface area contributed by atoms with Crippen molar-refractivity contribution in [3.8, 4) is 0 Å². The van der Waals surface area contributed by atoms with Gasteiger partial charge in [-0.1, -0.05) is 66.2 Å². The van der Waals surface area contributed by atoms with E-state index in [2.05, 4.69) is 89.5 Å². The number of anilines is 1. The van der Waals surface area contributed by atoms with Crippen molar-refractivity contribution in [2.24, 2.45) is 0 Å². The number of benzene rings is 2. The number of unbranched alkanes of at least 4 members (excludes halogenated alkanes) is 2. The van der Waals surface area contributed by atoms with E-state index in [0.29, 0.717) is 38.8 Å². The van der Waals surface area contributed by atoms with E-state index in [9.17, 15) is 16.8 Å². The SMILES string of the molecule is CC1(C)C(/C=C/C(Br)=C/C=C2/N(CCCCS(=O)(=O)O)c3ccccc3C2(C)C)=[N+](CCCCS(=O)(=O)O)c2ccccc21. The molecule has 8 nitrogen and oxygen atoms in total. The highest BCUT2D eigenvalue weighted by molar-refractivity contribution is 9.11. The van der Waals surface area contributed by atoms with E-state index in [1.165, 1.54) is 11.1 Å². The van der Waals surface area contributed by atoms with Gasteiger partial charge in [0.05, 0.1) is 16.9 Å². The lowest BCUT2D eigenvalue weighted by Gasteiger charge is -2.27. The molecule has 2 aromatic carbocycles. The summed E-state index contributed by atoms with van der Waals surface area (Å²) in [5.41, 5.74) is 6.25. The molecule has 0 radical (unpaired) electrons. The number of halogens is 1. The van der Waals surface area contributed by atoms with Crippen molar-refractivity contribution >= 4 is 53.3 Å². The zero-order valence-corrected chi connectivity index (χ0v) is 28.9. The molecule has 0 aromatic heterocycles. The highest BCUT2D eigenvalue weighted by Gasteiger charge is 2.44.